The lowest BCUT2D eigenvalue weighted by atomic mass is 10.0. The molecule has 2 unspecified atom stereocenters. The van der Waals surface area contributed by atoms with Crippen LogP contribution in [-0.4, -0.2) is 36.4 Å². The zero-order valence-corrected chi connectivity index (χ0v) is 24.2. The van der Waals surface area contributed by atoms with Crippen molar-refractivity contribution < 1.29 is 22.0 Å². The van der Waals surface area contributed by atoms with Crippen LogP contribution in [0.15, 0.2) is 96.2 Å². The van der Waals surface area contributed by atoms with E-state index in [0.29, 0.717) is 44.9 Å². The van der Waals surface area contributed by atoms with Gasteiger partial charge in [0.2, 0.25) is 0 Å². The molecule has 3 N–H and O–H groups in total. The Morgan fingerprint density at radius 1 is 1.12 bits per heavy atom. The summed E-state index contributed by atoms with van der Waals surface area (Å²) in [6, 6.07) is 19.9. The average Bonchev–Trinajstić information content (AvgIpc) is 3.45. The normalized spacial score (nSPS) is 13.0. The molecule has 0 aliphatic carbocycles. The van der Waals surface area contributed by atoms with E-state index in [4.69, 9.17) is 26.5 Å². The lowest BCUT2D eigenvalue weighted by Gasteiger charge is -2.18. The van der Waals surface area contributed by atoms with Crippen LogP contribution in [0, 0.1) is 5.82 Å². The Kier molecular flexibility index (Phi) is 8.58. The number of aromatic nitrogens is 2. The van der Waals surface area contributed by atoms with E-state index >= 15 is 0 Å². The molecule has 216 valence electrons. The third-order valence-corrected chi connectivity index (χ3v) is 7.87. The molecular weight excluding hydrogens is 579 g/mol. The predicted molar refractivity (Wildman–Crippen MR) is 163 cm³/mol. The Balaban J connectivity index is 1.38. The minimum absolute atomic E-state index is 0.163. The topological polar surface area (TPSA) is 120 Å². The maximum absolute atomic E-state index is 13.5. The summed E-state index contributed by atoms with van der Waals surface area (Å²) in [5.74, 6) is 0.936. The van der Waals surface area contributed by atoms with Crippen molar-refractivity contribution >= 4 is 43.8 Å². The molecule has 2 heterocycles. The summed E-state index contributed by atoms with van der Waals surface area (Å²) >= 11 is 6.48. The summed E-state index contributed by atoms with van der Waals surface area (Å²) in [6.45, 7) is 3.88. The van der Waals surface area contributed by atoms with Crippen LogP contribution in [0.2, 0.25) is 5.02 Å². The zero-order chi connectivity index (χ0) is 29.9. The highest BCUT2D eigenvalue weighted by molar-refractivity contribution is 7.90. The van der Waals surface area contributed by atoms with Gasteiger partial charge >= 0.3 is 0 Å². The van der Waals surface area contributed by atoms with Crippen LogP contribution in [0.3, 0.4) is 0 Å². The van der Waals surface area contributed by atoms with Gasteiger partial charge in [-0.2, -0.15) is 0 Å². The van der Waals surface area contributed by atoms with E-state index in [9.17, 15) is 12.8 Å². The maximum Gasteiger partial charge on any atom is 0.148 e. The van der Waals surface area contributed by atoms with Gasteiger partial charge in [-0.1, -0.05) is 29.8 Å². The van der Waals surface area contributed by atoms with Gasteiger partial charge in [0.1, 0.15) is 51.7 Å². The van der Waals surface area contributed by atoms with Crippen LogP contribution < -0.4 is 15.8 Å². The molecular formula is C31H28ClFN4O4S. The fourth-order valence-electron chi connectivity index (χ4n) is 4.51. The van der Waals surface area contributed by atoms with Crippen LogP contribution in [0.4, 0.5) is 15.9 Å². The lowest BCUT2D eigenvalue weighted by Crippen LogP contribution is -2.30. The van der Waals surface area contributed by atoms with Gasteiger partial charge in [0.25, 0.3) is 0 Å². The van der Waals surface area contributed by atoms with Gasteiger partial charge in [-0.05, 0) is 66.2 Å². The van der Waals surface area contributed by atoms with E-state index in [-0.39, 0.29) is 18.2 Å². The number of furan rings is 1. The highest BCUT2D eigenvalue weighted by atomic mass is 35.5. The Morgan fingerprint density at radius 2 is 1.95 bits per heavy atom. The summed E-state index contributed by atoms with van der Waals surface area (Å²) in [6.07, 6.45) is 4.14. The molecule has 0 saturated carbocycles. The van der Waals surface area contributed by atoms with Gasteiger partial charge < -0.3 is 20.2 Å². The number of rotatable bonds is 11. The van der Waals surface area contributed by atoms with Crippen molar-refractivity contribution in [1.29, 1.82) is 0 Å². The van der Waals surface area contributed by atoms with Gasteiger partial charge in [-0.3, -0.25) is 0 Å². The van der Waals surface area contributed by atoms with E-state index in [1.165, 1.54) is 24.5 Å². The van der Waals surface area contributed by atoms with E-state index in [2.05, 4.69) is 21.9 Å². The van der Waals surface area contributed by atoms with E-state index < -0.39 is 21.8 Å². The van der Waals surface area contributed by atoms with Crippen molar-refractivity contribution in [2.45, 2.75) is 18.6 Å². The number of nitrogens with zero attached hydrogens (tertiary/aromatic N) is 2. The van der Waals surface area contributed by atoms with Gasteiger partial charge in [0.05, 0.1) is 16.3 Å². The molecule has 8 nitrogen and oxygen atoms in total. The number of benzene rings is 3. The Labute approximate surface area is 247 Å². The number of nitrogens with one attached hydrogen (secondary N) is 1. The molecule has 11 heteroatoms. The van der Waals surface area contributed by atoms with Crippen molar-refractivity contribution in [2.24, 2.45) is 5.73 Å². The molecule has 0 spiro atoms. The van der Waals surface area contributed by atoms with E-state index in [1.54, 1.807) is 42.5 Å². The largest absolute Gasteiger partial charge is 0.487 e. The monoisotopic (exact) mass is 606 g/mol. The minimum Gasteiger partial charge on any atom is -0.487 e. The summed E-state index contributed by atoms with van der Waals surface area (Å²) in [7, 11) is -3.31. The fraction of sp³-hybridized carbons (Fsp3) is 0.161. The predicted octanol–water partition coefficient (Wildman–Crippen LogP) is 6.65. The number of halogens is 2. The number of nitrogens with two attached hydrogens (primary N) is 1. The van der Waals surface area contributed by atoms with Crippen molar-refractivity contribution in [3.8, 4) is 17.1 Å². The number of fused-ring (bicyclic) bond motifs is 1. The first-order chi connectivity index (χ1) is 20.1. The van der Waals surface area contributed by atoms with E-state index in [0.717, 1.165) is 17.2 Å². The molecule has 0 saturated heterocycles. The Morgan fingerprint density at radius 3 is 2.69 bits per heavy atom. The quantitative estimate of drug-likeness (QED) is 0.160. The maximum atomic E-state index is 13.5. The van der Waals surface area contributed by atoms with Crippen molar-refractivity contribution in [3.63, 3.8) is 0 Å². The molecule has 0 aliphatic rings. The smallest absolute Gasteiger partial charge is 0.148 e. The van der Waals surface area contributed by atoms with Gasteiger partial charge in [-0.15, -0.1) is 6.58 Å². The second-order valence-electron chi connectivity index (χ2n) is 9.86. The average molecular weight is 607 g/mol. The highest BCUT2D eigenvalue weighted by Gasteiger charge is 2.26. The van der Waals surface area contributed by atoms with Crippen molar-refractivity contribution in [3.05, 3.63) is 114 Å². The second kappa shape index (κ2) is 12.3. The number of sulfone groups is 1. The first kappa shape index (κ1) is 29.2. The first-order valence-corrected chi connectivity index (χ1v) is 15.4. The Bertz CT molecular complexity index is 1860. The van der Waals surface area contributed by atoms with E-state index in [1.807, 2.05) is 18.2 Å². The number of hydrogen-bond donors (Lipinski definition) is 2. The van der Waals surface area contributed by atoms with Crippen LogP contribution in [-0.2, 0) is 16.4 Å². The fourth-order valence-corrected chi connectivity index (χ4v) is 5.78. The minimum atomic E-state index is -3.31. The highest BCUT2D eigenvalue weighted by Crippen LogP contribution is 2.34. The SMILES string of the molecule is C=CC(N)C(CS(C)(=O)=O)c1ccc(-c2ccc3ncnc(Nc4ccc(OCc5cccc(F)c5)c(Cl)c4)c3c2)o1. The summed E-state index contributed by atoms with van der Waals surface area (Å²) in [4.78, 5) is 8.79. The molecule has 0 aliphatic heterocycles. The zero-order valence-electron chi connectivity index (χ0n) is 22.6. The number of anilines is 2. The standard InChI is InChI=1S/C31H28ClFN4O4S/c1-3-26(34)24(17-42(2,38)39)29-12-11-28(41-29)20-7-9-27-23(14-20)31(36-18-35-27)37-22-8-10-30(25(32)15-22)40-16-19-5-4-6-21(33)13-19/h3-15,18,24,26H,1,16-17,34H2,2H3,(H,35,36,37). The third kappa shape index (κ3) is 6.96. The second-order valence-corrected chi connectivity index (χ2v) is 12.4. The van der Waals surface area contributed by atoms with Crippen LogP contribution in [0.1, 0.15) is 17.2 Å². The lowest BCUT2D eigenvalue weighted by molar-refractivity contribution is 0.306. The summed E-state index contributed by atoms with van der Waals surface area (Å²) < 4.78 is 49.3. The molecule has 0 fully saturated rings. The molecule has 5 rings (SSSR count). The molecule has 3 aromatic carbocycles. The van der Waals surface area contributed by atoms with Gasteiger partial charge in [-0.25, -0.2) is 22.8 Å². The first-order valence-electron chi connectivity index (χ1n) is 12.9. The molecule has 2 aromatic heterocycles. The Hall–Kier alpha value is -4.25. The molecule has 0 bridgehead atoms. The van der Waals surface area contributed by atoms with Crippen molar-refractivity contribution in [1.82, 2.24) is 9.97 Å². The molecule has 2 atom stereocenters. The number of hydrogen-bond acceptors (Lipinski definition) is 8. The molecule has 42 heavy (non-hydrogen) atoms. The van der Waals surface area contributed by atoms with Gasteiger partial charge in [0.15, 0.2) is 0 Å². The van der Waals surface area contributed by atoms with Gasteiger partial charge in [0, 0.05) is 34.9 Å². The molecule has 0 radical (unpaired) electrons. The molecule has 5 aromatic rings. The molecule has 0 amide bonds. The van der Waals surface area contributed by atoms with Crippen LogP contribution >= 0.6 is 11.6 Å². The van der Waals surface area contributed by atoms with Crippen LogP contribution in [0.25, 0.3) is 22.2 Å². The number of ether oxygens (including phenoxy) is 1. The van der Waals surface area contributed by atoms with Crippen LogP contribution in [0.5, 0.6) is 5.75 Å². The third-order valence-electron chi connectivity index (χ3n) is 6.61. The summed E-state index contributed by atoms with van der Waals surface area (Å²) in [5.41, 5.74) is 8.95. The summed E-state index contributed by atoms with van der Waals surface area (Å²) in [5, 5.41) is 4.38. The van der Waals surface area contributed by atoms with Crippen molar-refractivity contribution in [2.75, 3.05) is 17.3 Å².